The summed E-state index contributed by atoms with van der Waals surface area (Å²) in [6, 6.07) is -0.0778. The maximum atomic E-state index is 12.8. The zero-order chi connectivity index (χ0) is 15.9. The quantitative estimate of drug-likeness (QED) is 0.899. The summed E-state index contributed by atoms with van der Waals surface area (Å²) in [7, 11) is -3.62. The minimum atomic E-state index is -3.62. The highest BCUT2D eigenvalue weighted by molar-refractivity contribution is 7.89. The highest BCUT2D eigenvalue weighted by Gasteiger charge is 2.41. The minimum absolute atomic E-state index is 0.0778. The second-order valence-corrected chi connectivity index (χ2v) is 8.47. The summed E-state index contributed by atoms with van der Waals surface area (Å²) in [6.07, 6.45) is 8.14. The molecule has 1 aromatic heterocycles. The molecular formula is C15H23N3O4S. The summed E-state index contributed by atoms with van der Waals surface area (Å²) in [5.74, 6) is 0.367. The standard InChI is InChI=1S/C15H23N3O4S/c19-23(20,13-11-16-18-7-3-8-21-14(13)18)17-12-4-9-22-15(10-12)5-1-2-6-15/h11-12,17H,1-10H2. The van der Waals surface area contributed by atoms with Crippen molar-refractivity contribution in [2.24, 2.45) is 0 Å². The van der Waals surface area contributed by atoms with Crippen LogP contribution in [0, 0.1) is 0 Å². The number of aromatic nitrogens is 2. The number of fused-ring (bicyclic) bond motifs is 1. The highest BCUT2D eigenvalue weighted by atomic mass is 32.2. The maximum absolute atomic E-state index is 12.8. The topological polar surface area (TPSA) is 82.5 Å². The Morgan fingerprint density at radius 3 is 2.91 bits per heavy atom. The molecule has 7 nitrogen and oxygen atoms in total. The van der Waals surface area contributed by atoms with Crippen LogP contribution in [0.3, 0.4) is 0 Å². The maximum Gasteiger partial charge on any atom is 0.247 e. The molecule has 1 spiro atoms. The van der Waals surface area contributed by atoms with Gasteiger partial charge < -0.3 is 9.47 Å². The summed E-state index contributed by atoms with van der Waals surface area (Å²) in [5.41, 5.74) is -0.111. The largest absolute Gasteiger partial charge is 0.477 e. The lowest BCUT2D eigenvalue weighted by Crippen LogP contribution is -2.47. The molecule has 4 rings (SSSR count). The molecule has 3 aliphatic rings. The second kappa shape index (κ2) is 5.75. The fraction of sp³-hybridized carbons (Fsp3) is 0.800. The number of sulfonamides is 1. The summed E-state index contributed by atoms with van der Waals surface area (Å²) in [4.78, 5) is 0.157. The Hall–Kier alpha value is -1.12. The van der Waals surface area contributed by atoms with Crippen LogP contribution in [-0.4, -0.2) is 43.1 Å². The van der Waals surface area contributed by atoms with E-state index in [2.05, 4.69) is 9.82 Å². The Bertz CT molecular complexity index is 679. The average molecular weight is 341 g/mol. The monoisotopic (exact) mass is 341 g/mol. The minimum Gasteiger partial charge on any atom is -0.477 e. The van der Waals surface area contributed by atoms with Gasteiger partial charge in [0.1, 0.15) is 0 Å². The third kappa shape index (κ3) is 2.88. The van der Waals surface area contributed by atoms with Gasteiger partial charge in [-0.25, -0.2) is 17.8 Å². The van der Waals surface area contributed by atoms with E-state index in [1.54, 1.807) is 4.68 Å². The van der Waals surface area contributed by atoms with Crippen molar-refractivity contribution in [2.45, 2.75) is 68.0 Å². The van der Waals surface area contributed by atoms with Gasteiger partial charge in [0.05, 0.1) is 18.4 Å². The first-order valence-corrected chi connectivity index (χ1v) is 9.91. The van der Waals surface area contributed by atoms with Crippen molar-refractivity contribution in [2.75, 3.05) is 13.2 Å². The van der Waals surface area contributed by atoms with Gasteiger partial charge in [0.15, 0.2) is 4.90 Å². The molecule has 23 heavy (non-hydrogen) atoms. The van der Waals surface area contributed by atoms with Crippen molar-refractivity contribution in [1.82, 2.24) is 14.5 Å². The van der Waals surface area contributed by atoms with Crippen molar-refractivity contribution in [3.8, 4) is 5.88 Å². The van der Waals surface area contributed by atoms with Crippen LogP contribution in [-0.2, 0) is 21.3 Å². The molecule has 2 fully saturated rings. The molecule has 1 saturated carbocycles. The molecule has 2 aliphatic heterocycles. The van der Waals surface area contributed by atoms with E-state index < -0.39 is 10.0 Å². The van der Waals surface area contributed by atoms with Gasteiger partial charge in [-0.05, 0) is 25.7 Å². The lowest BCUT2D eigenvalue weighted by molar-refractivity contribution is -0.0809. The molecule has 1 unspecified atom stereocenters. The number of ether oxygens (including phenoxy) is 2. The molecule has 1 aromatic rings. The van der Waals surface area contributed by atoms with Gasteiger partial charge in [0, 0.05) is 25.6 Å². The first-order valence-electron chi connectivity index (χ1n) is 8.43. The van der Waals surface area contributed by atoms with Crippen molar-refractivity contribution < 1.29 is 17.9 Å². The average Bonchev–Trinajstić information content (AvgIpc) is 3.14. The van der Waals surface area contributed by atoms with Crippen LogP contribution in [0.25, 0.3) is 0 Å². The number of nitrogens with zero attached hydrogens (tertiary/aromatic N) is 2. The molecule has 0 amide bonds. The molecule has 128 valence electrons. The number of aryl methyl sites for hydroxylation is 1. The smallest absolute Gasteiger partial charge is 0.247 e. The lowest BCUT2D eigenvalue weighted by Gasteiger charge is -2.38. The predicted octanol–water partition coefficient (Wildman–Crippen LogP) is 1.44. The molecular weight excluding hydrogens is 318 g/mol. The summed E-state index contributed by atoms with van der Waals surface area (Å²) in [5, 5.41) is 4.13. The Labute approximate surface area is 136 Å². The Kier molecular flexibility index (Phi) is 3.85. The van der Waals surface area contributed by atoms with E-state index >= 15 is 0 Å². The van der Waals surface area contributed by atoms with E-state index in [1.807, 2.05) is 0 Å². The number of hydrogen-bond acceptors (Lipinski definition) is 5. The zero-order valence-corrected chi connectivity index (χ0v) is 14.0. The third-order valence-corrected chi connectivity index (χ3v) is 6.63. The van der Waals surface area contributed by atoms with Crippen LogP contribution in [0.15, 0.2) is 11.1 Å². The fourth-order valence-electron chi connectivity index (χ4n) is 4.01. The van der Waals surface area contributed by atoms with Gasteiger partial charge in [-0.15, -0.1) is 0 Å². The summed E-state index contributed by atoms with van der Waals surface area (Å²) >= 11 is 0. The second-order valence-electron chi connectivity index (χ2n) is 6.79. The van der Waals surface area contributed by atoms with Crippen LogP contribution in [0.5, 0.6) is 5.88 Å². The molecule has 1 saturated heterocycles. The Morgan fingerprint density at radius 2 is 2.09 bits per heavy atom. The Balaban J connectivity index is 1.52. The van der Waals surface area contributed by atoms with Gasteiger partial charge in [-0.2, -0.15) is 5.10 Å². The molecule has 0 bridgehead atoms. The summed E-state index contributed by atoms with van der Waals surface area (Å²) in [6.45, 7) is 1.86. The van der Waals surface area contributed by atoms with Crippen molar-refractivity contribution in [3.63, 3.8) is 0 Å². The zero-order valence-electron chi connectivity index (χ0n) is 13.2. The number of hydrogen-bond donors (Lipinski definition) is 1. The van der Waals surface area contributed by atoms with Crippen LogP contribution in [0.1, 0.15) is 44.9 Å². The molecule has 1 atom stereocenters. The first-order chi connectivity index (χ1) is 11.1. The van der Waals surface area contributed by atoms with Gasteiger partial charge in [0.2, 0.25) is 15.9 Å². The Morgan fingerprint density at radius 1 is 1.26 bits per heavy atom. The number of nitrogens with one attached hydrogen (secondary N) is 1. The van der Waals surface area contributed by atoms with Gasteiger partial charge in [-0.1, -0.05) is 12.8 Å². The predicted molar refractivity (Wildman–Crippen MR) is 82.8 cm³/mol. The third-order valence-electron chi connectivity index (χ3n) is 5.13. The number of rotatable bonds is 3. The molecule has 0 aromatic carbocycles. The molecule has 8 heteroatoms. The molecule has 0 radical (unpaired) electrons. The fourth-order valence-corrected chi connectivity index (χ4v) is 5.36. The van der Waals surface area contributed by atoms with Crippen molar-refractivity contribution in [3.05, 3.63) is 6.20 Å². The first kappa shape index (κ1) is 15.4. The summed E-state index contributed by atoms with van der Waals surface area (Å²) < 4.78 is 41.5. The van der Waals surface area contributed by atoms with Gasteiger partial charge in [0.25, 0.3) is 0 Å². The molecule has 1 N–H and O–H groups in total. The van der Waals surface area contributed by atoms with E-state index in [0.717, 1.165) is 25.7 Å². The van der Waals surface area contributed by atoms with Crippen molar-refractivity contribution >= 4 is 10.0 Å². The van der Waals surface area contributed by atoms with Crippen LogP contribution in [0.4, 0.5) is 0 Å². The van der Waals surface area contributed by atoms with Crippen LogP contribution >= 0.6 is 0 Å². The molecule has 3 heterocycles. The van der Waals surface area contributed by atoms with E-state index in [1.165, 1.54) is 19.0 Å². The van der Waals surface area contributed by atoms with E-state index in [4.69, 9.17) is 9.47 Å². The highest BCUT2D eigenvalue weighted by Crippen LogP contribution is 2.40. The van der Waals surface area contributed by atoms with Gasteiger partial charge >= 0.3 is 0 Å². The van der Waals surface area contributed by atoms with E-state index in [0.29, 0.717) is 32.1 Å². The molecule has 1 aliphatic carbocycles. The van der Waals surface area contributed by atoms with Crippen molar-refractivity contribution in [1.29, 1.82) is 0 Å². The van der Waals surface area contributed by atoms with E-state index in [-0.39, 0.29) is 16.5 Å². The van der Waals surface area contributed by atoms with E-state index in [9.17, 15) is 8.42 Å². The lowest BCUT2D eigenvalue weighted by atomic mass is 9.89. The van der Waals surface area contributed by atoms with Gasteiger partial charge in [-0.3, -0.25) is 0 Å². The van der Waals surface area contributed by atoms with Crippen LogP contribution < -0.4 is 9.46 Å². The van der Waals surface area contributed by atoms with Crippen LogP contribution in [0.2, 0.25) is 0 Å². The SMILES string of the molecule is O=S(=O)(NC1CCOC2(CCCC2)C1)c1cnn2c1OCCC2. The normalized spacial score (nSPS) is 26.9.